The highest BCUT2D eigenvalue weighted by molar-refractivity contribution is 6.12. The van der Waals surface area contributed by atoms with E-state index in [0.29, 0.717) is 30.6 Å². The summed E-state index contributed by atoms with van der Waals surface area (Å²) in [5, 5.41) is 3.10. The monoisotopic (exact) mass is 669 g/mol. The second-order valence-corrected chi connectivity index (χ2v) is 14.3. The predicted molar refractivity (Wildman–Crippen MR) is 191 cm³/mol. The maximum atomic E-state index is 14.3. The van der Waals surface area contributed by atoms with E-state index in [0.717, 1.165) is 28.1 Å². The number of halogens is 1. The molecule has 2 atom stereocenters. The molecule has 9 heteroatoms. The zero-order valence-electron chi connectivity index (χ0n) is 29.5. The number of carbonyl (C=O) groups excluding carboxylic acids is 2. The first-order chi connectivity index (χ1) is 23.2. The molecule has 1 saturated heterocycles. The zero-order chi connectivity index (χ0) is 35.3. The van der Waals surface area contributed by atoms with Crippen LogP contribution in [0.2, 0.25) is 0 Å². The van der Waals surface area contributed by atoms with E-state index in [2.05, 4.69) is 24.6 Å². The van der Waals surface area contributed by atoms with Crippen LogP contribution in [0.3, 0.4) is 0 Å². The number of ether oxygens (including phenoxy) is 3. The van der Waals surface area contributed by atoms with Crippen LogP contribution in [0.25, 0.3) is 22.4 Å². The molecule has 1 aliphatic heterocycles. The van der Waals surface area contributed by atoms with E-state index in [1.165, 1.54) is 12.1 Å². The number of carbonyl (C=O) groups is 2. The minimum atomic E-state index is -0.880. The van der Waals surface area contributed by atoms with Gasteiger partial charge in [-0.3, -0.25) is 14.3 Å². The summed E-state index contributed by atoms with van der Waals surface area (Å²) in [7, 11) is 0. The Morgan fingerprint density at radius 1 is 0.918 bits per heavy atom. The predicted octanol–water partition coefficient (Wildman–Crippen LogP) is 8.91. The van der Waals surface area contributed by atoms with Crippen molar-refractivity contribution in [3.8, 4) is 22.4 Å². The van der Waals surface area contributed by atoms with Gasteiger partial charge in [-0.1, -0.05) is 62.4 Å². The second-order valence-electron chi connectivity index (χ2n) is 14.3. The fraction of sp³-hybridized carbons (Fsp3) is 0.400. The summed E-state index contributed by atoms with van der Waals surface area (Å²) in [5.74, 6) is -1.84. The van der Waals surface area contributed by atoms with Crippen LogP contribution in [0.1, 0.15) is 89.7 Å². The molecule has 2 heterocycles. The van der Waals surface area contributed by atoms with E-state index in [1.807, 2.05) is 100.0 Å². The Bertz CT molecular complexity index is 1730. The normalized spacial score (nSPS) is 17.5. The molecular weight excluding hydrogens is 621 g/mol. The average Bonchev–Trinajstić information content (AvgIpc) is 3.36. The Morgan fingerprint density at radius 2 is 1.53 bits per heavy atom. The van der Waals surface area contributed by atoms with E-state index in [4.69, 9.17) is 14.2 Å². The maximum absolute atomic E-state index is 14.3. The molecule has 0 unspecified atom stereocenters. The first-order valence-electron chi connectivity index (χ1n) is 17.0. The quantitative estimate of drug-likeness (QED) is 0.155. The molecule has 1 fully saturated rings. The van der Waals surface area contributed by atoms with Crippen molar-refractivity contribution in [2.24, 2.45) is 0 Å². The summed E-state index contributed by atoms with van der Waals surface area (Å²) >= 11 is 0. The van der Waals surface area contributed by atoms with Gasteiger partial charge in [0.25, 0.3) is 5.91 Å². The Balaban J connectivity index is 1.52. The summed E-state index contributed by atoms with van der Waals surface area (Å²) in [6.07, 6.45) is 0.706. The van der Waals surface area contributed by atoms with E-state index in [-0.39, 0.29) is 42.2 Å². The van der Waals surface area contributed by atoms with Crippen molar-refractivity contribution in [2.45, 2.75) is 97.2 Å². The van der Waals surface area contributed by atoms with Gasteiger partial charge in [-0.25, -0.2) is 4.39 Å². The number of nitrogens with one attached hydrogen (secondary N) is 2. The van der Waals surface area contributed by atoms with Crippen LogP contribution in [-0.4, -0.2) is 46.7 Å². The molecule has 49 heavy (non-hydrogen) atoms. The number of rotatable bonds is 11. The van der Waals surface area contributed by atoms with Crippen molar-refractivity contribution in [1.29, 1.82) is 0 Å². The van der Waals surface area contributed by atoms with Gasteiger partial charge >= 0.3 is 5.97 Å². The Morgan fingerprint density at radius 3 is 2.14 bits per heavy atom. The largest absolute Gasteiger partial charge is 0.460 e. The van der Waals surface area contributed by atoms with Gasteiger partial charge < -0.3 is 25.0 Å². The molecule has 0 aliphatic carbocycles. The van der Waals surface area contributed by atoms with Crippen molar-refractivity contribution in [3.05, 3.63) is 102 Å². The van der Waals surface area contributed by atoms with Crippen LogP contribution in [0, 0.1) is 5.82 Å². The molecule has 260 valence electrons. The summed E-state index contributed by atoms with van der Waals surface area (Å²) < 4.78 is 34.2. The van der Waals surface area contributed by atoms with E-state index in [1.54, 1.807) is 12.1 Å². The average molecular weight is 670 g/mol. The Kier molecular flexibility index (Phi) is 10.9. The SMILES string of the molecule is CC(C)c1c(C(=O)Nc2ccccc2)c(-c2ccccc2)c(-c2ccc(F)cc2)n1NCC[C@@H]1C[C@H](CC(=O)OC(C)(C)C)OC(C)(C)O1. The van der Waals surface area contributed by atoms with Crippen molar-refractivity contribution in [1.82, 2.24) is 4.68 Å². The molecule has 1 aliphatic rings. The second kappa shape index (κ2) is 15.0. The van der Waals surface area contributed by atoms with Crippen molar-refractivity contribution in [3.63, 3.8) is 0 Å². The highest BCUT2D eigenvalue weighted by atomic mass is 19.1. The van der Waals surface area contributed by atoms with Gasteiger partial charge in [0.15, 0.2) is 5.79 Å². The number of nitrogens with zero attached hydrogens (tertiary/aromatic N) is 1. The van der Waals surface area contributed by atoms with Crippen LogP contribution < -0.4 is 10.7 Å². The minimum Gasteiger partial charge on any atom is -0.460 e. The van der Waals surface area contributed by atoms with E-state index >= 15 is 0 Å². The first kappa shape index (κ1) is 35.8. The van der Waals surface area contributed by atoms with Crippen LogP contribution >= 0.6 is 0 Å². The summed E-state index contributed by atoms with van der Waals surface area (Å²) in [5.41, 5.74) is 8.18. The van der Waals surface area contributed by atoms with Gasteiger partial charge in [-0.05, 0) is 88.9 Å². The van der Waals surface area contributed by atoms with Gasteiger partial charge in [0.05, 0.1) is 35.6 Å². The number of esters is 1. The maximum Gasteiger partial charge on any atom is 0.308 e. The highest BCUT2D eigenvalue weighted by Gasteiger charge is 2.37. The van der Waals surface area contributed by atoms with Gasteiger partial charge in [0, 0.05) is 29.8 Å². The number of anilines is 1. The van der Waals surface area contributed by atoms with E-state index in [9.17, 15) is 14.0 Å². The lowest BCUT2D eigenvalue weighted by Crippen LogP contribution is -2.46. The van der Waals surface area contributed by atoms with Crippen LogP contribution in [0.4, 0.5) is 10.1 Å². The third kappa shape index (κ3) is 9.16. The van der Waals surface area contributed by atoms with Crippen molar-refractivity contribution < 1.29 is 28.2 Å². The third-order valence-electron chi connectivity index (χ3n) is 8.17. The number of benzene rings is 3. The van der Waals surface area contributed by atoms with Crippen molar-refractivity contribution >= 4 is 17.6 Å². The fourth-order valence-corrected chi connectivity index (χ4v) is 6.44. The molecule has 0 bridgehead atoms. The molecule has 0 saturated carbocycles. The van der Waals surface area contributed by atoms with Crippen molar-refractivity contribution in [2.75, 3.05) is 17.3 Å². The van der Waals surface area contributed by atoms with Gasteiger partial charge in [0.2, 0.25) is 0 Å². The molecule has 3 aromatic carbocycles. The van der Waals surface area contributed by atoms with Crippen LogP contribution in [-0.2, 0) is 19.0 Å². The third-order valence-corrected chi connectivity index (χ3v) is 8.17. The van der Waals surface area contributed by atoms with E-state index < -0.39 is 11.4 Å². The number of amides is 1. The summed E-state index contributed by atoms with van der Waals surface area (Å²) in [6.45, 7) is 13.9. The Hall–Kier alpha value is -4.47. The number of para-hydroxylation sites is 1. The van der Waals surface area contributed by atoms with Crippen LogP contribution in [0.15, 0.2) is 84.9 Å². The number of hydrogen-bond donors (Lipinski definition) is 2. The molecule has 0 radical (unpaired) electrons. The highest BCUT2D eigenvalue weighted by Crippen LogP contribution is 2.42. The van der Waals surface area contributed by atoms with Gasteiger partial charge in [-0.15, -0.1) is 0 Å². The first-order valence-corrected chi connectivity index (χ1v) is 17.0. The lowest BCUT2D eigenvalue weighted by Gasteiger charge is -2.41. The molecule has 1 aromatic heterocycles. The molecule has 1 amide bonds. The molecule has 4 aromatic rings. The molecule has 8 nitrogen and oxygen atoms in total. The Labute approximate surface area is 288 Å². The number of aromatic nitrogens is 1. The molecular formula is C40H48FN3O5. The summed E-state index contributed by atoms with van der Waals surface area (Å²) in [4.78, 5) is 26.9. The topological polar surface area (TPSA) is 90.8 Å². The summed E-state index contributed by atoms with van der Waals surface area (Å²) in [6, 6.07) is 25.5. The number of hydrogen-bond acceptors (Lipinski definition) is 6. The minimum absolute atomic E-state index is 0.0721. The van der Waals surface area contributed by atoms with Crippen LogP contribution in [0.5, 0.6) is 0 Å². The van der Waals surface area contributed by atoms with Gasteiger partial charge in [-0.2, -0.15) is 0 Å². The lowest BCUT2D eigenvalue weighted by atomic mass is 9.94. The smallest absolute Gasteiger partial charge is 0.308 e. The molecule has 5 rings (SSSR count). The van der Waals surface area contributed by atoms with Gasteiger partial charge in [0.1, 0.15) is 11.4 Å². The fourth-order valence-electron chi connectivity index (χ4n) is 6.44. The lowest BCUT2D eigenvalue weighted by molar-refractivity contribution is -0.300. The molecule has 0 spiro atoms. The standard InChI is InChI=1S/C40H48FN3O5/c1-26(2)36-35(38(46)43-30-16-12-9-13-17-30)34(27-14-10-8-11-15-27)37(28-18-20-29(41)21-19-28)44(36)42-23-22-31-24-32(48-40(6,7)47-31)25-33(45)49-39(3,4)5/h8-21,26,31-32,42H,22-25H2,1-7H3,(H,43,46)/t31-,32-/m1/s1. The zero-order valence-corrected chi connectivity index (χ0v) is 29.5. The molecule has 2 N–H and O–H groups in total.